The molecule has 1 atom stereocenters. The highest BCUT2D eigenvalue weighted by Gasteiger charge is 2.14. The van der Waals surface area contributed by atoms with E-state index in [1.165, 1.54) is 0 Å². The number of rotatable bonds is 8. The van der Waals surface area contributed by atoms with Crippen LogP contribution in [-0.2, 0) is 16.1 Å². The summed E-state index contributed by atoms with van der Waals surface area (Å²) in [6.07, 6.45) is 0.735. The molecule has 7 heteroatoms. The van der Waals surface area contributed by atoms with E-state index in [9.17, 15) is 14.4 Å². The molecular formula is C21H24N2O5. The molecule has 0 aliphatic heterocycles. The molecule has 148 valence electrons. The number of carbonyl (C=O) groups excluding carboxylic acids is 3. The number of amides is 3. The Labute approximate surface area is 164 Å². The maximum Gasteiger partial charge on any atom is 0.338 e. The van der Waals surface area contributed by atoms with Gasteiger partial charge in [-0.15, -0.1) is 0 Å². The molecule has 0 saturated heterocycles. The van der Waals surface area contributed by atoms with Crippen LogP contribution in [0.15, 0.2) is 54.6 Å². The van der Waals surface area contributed by atoms with Crippen LogP contribution in [0, 0.1) is 0 Å². The second-order valence-electron chi connectivity index (χ2n) is 6.21. The van der Waals surface area contributed by atoms with Crippen molar-refractivity contribution in [3.8, 4) is 5.75 Å². The van der Waals surface area contributed by atoms with Crippen LogP contribution in [0.1, 0.15) is 36.2 Å². The Morgan fingerprint density at radius 1 is 1.04 bits per heavy atom. The Morgan fingerprint density at radius 2 is 1.79 bits per heavy atom. The number of benzene rings is 2. The van der Waals surface area contributed by atoms with Gasteiger partial charge in [0.05, 0.1) is 5.56 Å². The summed E-state index contributed by atoms with van der Waals surface area (Å²) < 4.78 is 10.6. The Hall–Kier alpha value is -3.35. The van der Waals surface area contributed by atoms with E-state index < -0.39 is 24.5 Å². The number of ether oxygens (including phenoxy) is 2. The smallest absolute Gasteiger partial charge is 0.338 e. The molecule has 2 N–H and O–H groups in total. The van der Waals surface area contributed by atoms with E-state index >= 15 is 0 Å². The van der Waals surface area contributed by atoms with Gasteiger partial charge in [-0.25, -0.2) is 9.59 Å². The molecule has 0 aromatic heterocycles. The molecule has 3 amide bonds. The number of esters is 1. The lowest BCUT2D eigenvalue weighted by Crippen LogP contribution is -2.44. The van der Waals surface area contributed by atoms with E-state index in [2.05, 4.69) is 10.6 Å². The van der Waals surface area contributed by atoms with E-state index in [-0.39, 0.29) is 11.6 Å². The number of hydrogen-bond donors (Lipinski definition) is 2. The van der Waals surface area contributed by atoms with E-state index in [1.54, 1.807) is 24.3 Å². The van der Waals surface area contributed by atoms with Crippen LogP contribution in [0.5, 0.6) is 5.75 Å². The average Bonchev–Trinajstić information content (AvgIpc) is 2.71. The maximum atomic E-state index is 12.1. The second-order valence-corrected chi connectivity index (χ2v) is 6.21. The molecule has 0 spiro atoms. The zero-order chi connectivity index (χ0) is 20.4. The molecule has 0 unspecified atom stereocenters. The van der Waals surface area contributed by atoms with Gasteiger partial charge < -0.3 is 14.8 Å². The number of nitrogens with one attached hydrogen (secondary N) is 2. The van der Waals surface area contributed by atoms with Crippen molar-refractivity contribution in [2.75, 3.05) is 6.61 Å². The number of carbonyl (C=O) groups is 3. The second kappa shape index (κ2) is 10.7. The van der Waals surface area contributed by atoms with Crippen LogP contribution in [-0.4, -0.2) is 30.6 Å². The summed E-state index contributed by atoms with van der Waals surface area (Å²) in [7, 11) is 0. The number of hydrogen-bond acceptors (Lipinski definition) is 5. The molecule has 2 aromatic rings. The summed E-state index contributed by atoms with van der Waals surface area (Å²) in [6.45, 7) is 3.54. The van der Waals surface area contributed by atoms with Crippen molar-refractivity contribution in [1.29, 1.82) is 0 Å². The molecule has 7 nitrogen and oxygen atoms in total. The summed E-state index contributed by atoms with van der Waals surface area (Å²) >= 11 is 0. The summed E-state index contributed by atoms with van der Waals surface area (Å²) in [5, 5.41) is 4.70. The van der Waals surface area contributed by atoms with Gasteiger partial charge in [-0.3, -0.25) is 10.1 Å². The fourth-order valence-electron chi connectivity index (χ4n) is 2.19. The normalized spacial score (nSPS) is 11.2. The zero-order valence-electron chi connectivity index (χ0n) is 15.9. The highest BCUT2D eigenvalue weighted by Crippen LogP contribution is 2.16. The van der Waals surface area contributed by atoms with Crippen LogP contribution in [0.4, 0.5) is 4.79 Å². The zero-order valence-corrected chi connectivity index (χ0v) is 15.9. The van der Waals surface area contributed by atoms with Gasteiger partial charge in [-0.1, -0.05) is 43.3 Å². The largest absolute Gasteiger partial charge is 0.489 e. The topological polar surface area (TPSA) is 93.7 Å². The van der Waals surface area contributed by atoms with E-state index in [0.29, 0.717) is 12.4 Å². The first-order valence-electron chi connectivity index (χ1n) is 9.02. The van der Waals surface area contributed by atoms with Gasteiger partial charge in [0.1, 0.15) is 12.4 Å². The molecule has 0 saturated carbocycles. The van der Waals surface area contributed by atoms with Crippen molar-refractivity contribution in [3.05, 3.63) is 65.7 Å². The number of imide groups is 1. The van der Waals surface area contributed by atoms with E-state index in [1.807, 2.05) is 44.2 Å². The third-order valence-electron chi connectivity index (χ3n) is 3.90. The monoisotopic (exact) mass is 384 g/mol. The fraction of sp³-hybridized carbons (Fsp3) is 0.286. The lowest BCUT2D eigenvalue weighted by Gasteiger charge is -2.12. The minimum atomic E-state index is -0.703. The Balaban J connectivity index is 1.82. The van der Waals surface area contributed by atoms with Crippen molar-refractivity contribution in [3.63, 3.8) is 0 Å². The van der Waals surface area contributed by atoms with Gasteiger partial charge in [-0.2, -0.15) is 0 Å². The van der Waals surface area contributed by atoms with Crippen molar-refractivity contribution >= 4 is 17.9 Å². The summed E-state index contributed by atoms with van der Waals surface area (Å²) in [6, 6.07) is 15.4. The Bertz CT molecular complexity index is 807. The average molecular weight is 384 g/mol. The molecule has 0 aliphatic carbocycles. The number of urea groups is 1. The van der Waals surface area contributed by atoms with Crippen molar-refractivity contribution in [1.82, 2.24) is 10.6 Å². The lowest BCUT2D eigenvalue weighted by atomic mass is 10.2. The SMILES string of the molecule is CC[C@@H](C)NC(=O)NC(=O)COC(=O)c1cccc(OCc2ccccc2)c1. The molecule has 2 aromatic carbocycles. The van der Waals surface area contributed by atoms with Crippen molar-refractivity contribution in [2.24, 2.45) is 0 Å². The van der Waals surface area contributed by atoms with Crippen LogP contribution in [0.3, 0.4) is 0 Å². The standard InChI is InChI=1S/C21H24N2O5/c1-3-15(2)22-21(26)23-19(24)14-28-20(25)17-10-7-11-18(12-17)27-13-16-8-5-4-6-9-16/h4-12,15H,3,13-14H2,1-2H3,(H2,22,23,24,26)/t15-/m1/s1. The summed E-state index contributed by atoms with van der Waals surface area (Å²) in [5.74, 6) is -0.871. The fourth-order valence-corrected chi connectivity index (χ4v) is 2.19. The van der Waals surface area contributed by atoms with Crippen LogP contribution < -0.4 is 15.4 Å². The molecule has 0 fully saturated rings. The third-order valence-corrected chi connectivity index (χ3v) is 3.90. The highest BCUT2D eigenvalue weighted by atomic mass is 16.5. The van der Waals surface area contributed by atoms with E-state index in [4.69, 9.17) is 9.47 Å². The highest BCUT2D eigenvalue weighted by molar-refractivity contribution is 5.97. The molecule has 0 heterocycles. The predicted octanol–water partition coefficient (Wildman–Crippen LogP) is 3.05. The van der Waals surface area contributed by atoms with Gasteiger partial charge in [0.25, 0.3) is 5.91 Å². The van der Waals surface area contributed by atoms with Gasteiger partial charge in [0.2, 0.25) is 0 Å². The van der Waals surface area contributed by atoms with Crippen molar-refractivity contribution in [2.45, 2.75) is 32.9 Å². The van der Waals surface area contributed by atoms with E-state index in [0.717, 1.165) is 12.0 Å². The van der Waals surface area contributed by atoms with Gasteiger partial charge in [-0.05, 0) is 37.1 Å². The summed E-state index contributed by atoms with van der Waals surface area (Å²) in [5.41, 5.74) is 1.25. The van der Waals surface area contributed by atoms with Crippen LogP contribution >= 0.6 is 0 Å². The van der Waals surface area contributed by atoms with Gasteiger partial charge >= 0.3 is 12.0 Å². The molecule has 0 bridgehead atoms. The van der Waals surface area contributed by atoms with Gasteiger partial charge in [0.15, 0.2) is 6.61 Å². The van der Waals surface area contributed by atoms with Crippen molar-refractivity contribution < 1.29 is 23.9 Å². The molecule has 2 rings (SSSR count). The molecule has 28 heavy (non-hydrogen) atoms. The maximum absolute atomic E-state index is 12.1. The predicted molar refractivity (Wildman–Crippen MR) is 104 cm³/mol. The van der Waals surface area contributed by atoms with Gasteiger partial charge in [0, 0.05) is 6.04 Å². The first-order valence-corrected chi connectivity index (χ1v) is 9.02. The van der Waals surface area contributed by atoms with Crippen LogP contribution in [0.25, 0.3) is 0 Å². The Morgan fingerprint density at radius 3 is 2.50 bits per heavy atom. The molecular weight excluding hydrogens is 360 g/mol. The van der Waals surface area contributed by atoms with Crippen LogP contribution in [0.2, 0.25) is 0 Å². The molecule has 0 radical (unpaired) electrons. The first-order chi connectivity index (χ1) is 13.5. The minimum absolute atomic E-state index is 0.0611. The lowest BCUT2D eigenvalue weighted by molar-refractivity contribution is -0.123. The summed E-state index contributed by atoms with van der Waals surface area (Å²) in [4.78, 5) is 35.4. The third kappa shape index (κ3) is 7.11. The quantitative estimate of drug-likeness (QED) is 0.682. The first kappa shape index (κ1) is 21.0. The Kier molecular flexibility index (Phi) is 8.02. The molecule has 0 aliphatic rings. The minimum Gasteiger partial charge on any atom is -0.489 e.